The third-order valence-electron chi connectivity index (χ3n) is 4.11. The second-order valence-electron chi connectivity index (χ2n) is 6.08. The average Bonchev–Trinajstić information content (AvgIpc) is 3.11. The van der Waals surface area contributed by atoms with Crippen LogP contribution in [-0.4, -0.2) is 15.9 Å². The lowest BCUT2D eigenvalue weighted by atomic mass is 10.1. The SMILES string of the molecule is O=C(Nc1cccc(C=Cc2ccccn2)c1)c1cc2cc(F)ccc2[nH]1. The molecule has 4 rings (SSSR count). The Morgan fingerprint density at radius 1 is 1.00 bits per heavy atom. The van der Waals surface area contributed by atoms with Gasteiger partial charge in [-0.05, 0) is 60.2 Å². The van der Waals surface area contributed by atoms with Crippen molar-refractivity contribution in [2.24, 2.45) is 0 Å². The maximum Gasteiger partial charge on any atom is 0.272 e. The standard InChI is InChI=1S/C22H16FN3O/c23-17-8-10-20-16(13-17)14-21(26-20)22(27)25-19-6-3-4-15(12-19)7-9-18-5-1-2-11-24-18/h1-14,26H,(H,25,27). The van der Waals surface area contributed by atoms with Crippen molar-refractivity contribution in [2.45, 2.75) is 0 Å². The van der Waals surface area contributed by atoms with Crippen LogP contribution in [0, 0.1) is 5.82 Å². The maximum atomic E-state index is 13.3. The Morgan fingerprint density at radius 3 is 2.78 bits per heavy atom. The fourth-order valence-corrected chi connectivity index (χ4v) is 2.80. The van der Waals surface area contributed by atoms with Gasteiger partial charge < -0.3 is 10.3 Å². The molecule has 132 valence electrons. The van der Waals surface area contributed by atoms with E-state index < -0.39 is 0 Å². The number of carbonyl (C=O) groups excluding carboxylic acids is 1. The zero-order valence-corrected chi connectivity index (χ0v) is 14.3. The van der Waals surface area contributed by atoms with Crippen LogP contribution in [0.4, 0.5) is 10.1 Å². The number of aromatic amines is 1. The molecule has 0 aliphatic heterocycles. The van der Waals surface area contributed by atoms with Crippen LogP contribution in [0.5, 0.6) is 0 Å². The van der Waals surface area contributed by atoms with Crippen LogP contribution < -0.4 is 5.32 Å². The Balaban J connectivity index is 1.51. The zero-order chi connectivity index (χ0) is 18.6. The molecular weight excluding hydrogens is 341 g/mol. The van der Waals surface area contributed by atoms with E-state index in [9.17, 15) is 9.18 Å². The lowest BCUT2D eigenvalue weighted by Crippen LogP contribution is -2.12. The van der Waals surface area contributed by atoms with Crippen LogP contribution in [0.1, 0.15) is 21.7 Å². The molecule has 5 heteroatoms. The van der Waals surface area contributed by atoms with E-state index in [1.807, 2.05) is 54.6 Å². The highest BCUT2D eigenvalue weighted by Crippen LogP contribution is 2.19. The van der Waals surface area contributed by atoms with E-state index in [0.717, 1.165) is 11.3 Å². The van der Waals surface area contributed by atoms with Gasteiger partial charge in [0, 0.05) is 22.8 Å². The van der Waals surface area contributed by atoms with E-state index in [-0.39, 0.29) is 11.7 Å². The Morgan fingerprint density at radius 2 is 1.93 bits per heavy atom. The fourth-order valence-electron chi connectivity index (χ4n) is 2.80. The molecule has 4 nitrogen and oxygen atoms in total. The molecule has 0 radical (unpaired) electrons. The number of hydrogen-bond donors (Lipinski definition) is 2. The number of halogens is 1. The van der Waals surface area contributed by atoms with Gasteiger partial charge in [0.2, 0.25) is 0 Å². The third-order valence-corrected chi connectivity index (χ3v) is 4.11. The first-order valence-corrected chi connectivity index (χ1v) is 8.46. The third kappa shape index (κ3) is 3.93. The van der Waals surface area contributed by atoms with Crippen molar-refractivity contribution in [3.05, 3.63) is 95.7 Å². The molecule has 2 N–H and O–H groups in total. The number of nitrogens with zero attached hydrogens (tertiary/aromatic N) is 1. The number of pyridine rings is 1. The number of amides is 1. The van der Waals surface area contributed by atoms with Gasteiger partial charge in [0.1, 0.15) is 11.5 Å². The number of fused-ring (bicyclic) bond motifs is 1. The molecule has 0 bridgehead atoms. The molecule has 27 heavy (non-hydrogen) atoms. The van der Waals surface area contributed by atoms with E-state index >= 15 is 0 Å². The molecule has 0 unspecified atom stereocenters. The number of benzene rings is 2. The monoisotopic (exact) mass is 357 g/mol. The summed E-state index contributed by atoms with van der Waals surface area (Å²) in [6.07, 6.45) is 5.58. The van der Waals surface area contributed by atoms with E-state index in [4.69, 9.17) is 0 Å². The molecule has 0 saturated heterocycles. The van der Waals surface area contributed by atoms with Crippen molar-refractivity contribution in [3.63, 3.8) is 0 Å². The summed E-state index contributed by atoms with van der Waals surface area (Å²) in [6.45, 7) is 0. The van der Waals surface area contributed by atoms with Gasteiger partial charge in [0.15, 0.2) is 0 Å². The number of hydrogen-bond acceptors (Lipinski definition) is 2. The lowest BCUT2D eigenvalue weighted by Gasteiger charge is -2.04. The fraction of sp³-hybridized carbons (Fsp3) is 0. The summed E-state index contributed by atoms with van der Waals surface area (Å²) in [5, 5.41) is 3.52. The smallest absolute Gasteiger partial charge is 0.272 e. The van der Waals surface area contributed by atoms with Gasteiger partial charge >= 0.3 is 0 Å². The minimum Gasteiger partial charge on any atom is -0.351 e. The van der Waals surface area contributed by atoms with Crippen LogP contribution in [0.2, 0.25) is 0 Å². The van der Waals surface area contributed by atoms with Crippen LogP contribution in [0.3, 0.4) is 0 Å². The molecule has 0 aliphatic carbocycles. The Bertz CT molecular complexity index is 1130. The lowest BCUT2D eigenvalue weighted by molar-refractivity contribution is 0.102. The number of nitrogens with one attached hydrogen (secondary N) is 2. The van der Waals surface area contributed by atoms with Gasteiger partial charge in [0.05, 0.1) is 5.69 Å². The van der Waals surface area contributed by atoms with E-state index in [1.165, 1.54) is 12.1 Å². The van der Waals surface area contributed by atoms with Gasteiger partial charge in [-0.15, -0.1) is 0 Å². The largest absolute Gasteiger partial charge is 0.351 e. The molecule has 1 amide bonds. The van der Waals surface area contributed by atoms with Crippen LogP contribution in [0.15, 0.2) is 72.9 Å². The first kappa shape index (κ1) is 16.7. The van der Waals surface area contributed by atoms with E-state index in [0.29, 0.717) is 22.3 Å². The molecule has 2 heterocycles. The highest BCUT2D eigenvalue weighted by atomic mass is 19.1. The Kier molecular flexibility index (Phi) is 4.49. The molecule has 0 spiro atoms. The molecule has 2 aromatic carbocycles. The topological polar surface area (TPSA) is 57.8 Å². The van der Waals surface area contributed by atoms with Crippen molar-refractivity contribution < 1.29 is 9.18 Å². The summed E-state index contributed by atoms with van der Waals surface area (Å²) < 4.78 is 13.3. The molecule has 0 atom stereocenters. The zero-order valence-electron chi connectivity index (χ0n) is 14.3. The van der Waals surface area contributed by atoms with E-state index in [2.05, 4.69) is 15.3 Å². The number of aromatic nitrogens is 2. The van der Waals surface area contributed by atoms with Crippen molar-refractivity contribution >= 4 is 34.6 Å². The van der Waals surface area contributed by atoms with Gasteiger partial charge in [-0.3, -0.25) is 9.78 Å². The summed E-state index contributed by atoms with van der Waals surface area (Å²) in [5.41, 5.74) is 3.57. The number of H-pyrrole nitrogens is 1. The van der Waals surface area contributed by atoms with Crippen molar-refractivity contribution in [2.75, 3.05) is 5.32 Å². The van der Waals surface area contributed by atoms with Gasteiger partial charge in [-0.25, -0.2) is 4.39 Å². The average molecular weight is 357 g/mol. The minimum absolute atomic E-state index is 0.280. The Labute approximate surface area is 155 Å². The molecule has 0 fully saturated rings. The summed E-state index contributed by atoms with van der Waals surface area (Å²) in [7, 11) is 0. The summed E-state index contributed by atoms with van der Waals surface area (Å²) in [4.78, 5) is 19.7. The molecule has 4 aromatic rings. The molecule has 0 aliphatic rings. The second kappa shape index (κ2) is 7.25. The minimum atomic E-state index is -0.333. The molecule has 0 saturated carbocycles. The van der Waals surface area contributed by atoms with Gasteiger partial charge in [-0.1, -0.05) is 24.3 Å². The predicted octanol–water partition coefficient (Wildman–Crippen LogP) is 5.12. The van der Waals surface area contributed by atoms with Crippen molar-refractivity contribution in [3.8, 4) is 0 Å². The van der Waals surface area contributed by atoms with Crippen LogP contribution >= 0.6 is 0 Å². The molecule has 2 aromatic heterocycles. The number of rotatable bonds is 4. The first-order valence-electron chi connectivity index (χ1n) is 8.46. The summed E-state index contributed by atoms with van der Waals surface area (Å²) in [6, 6.07) is 19.2. The van der Waals surface area contributed by atoms with Gasteiger partial charge in [0.25, 0.3) is 5.91 Å². The first-order chi connectivity index (χ1) is 13.2. The number of carbonyl (C=O) groups is 1. The summed E-state index contributed by atoms with van der Waals surface area (Å²) in [5.74, 6) is -0.613. The van der Waals surface area contributed by atoms with E-state index in [1.54, 1.807) is 18.3 Å². The number of anilines is 1. The van der Waals surface area contributed by atoms with Crippen LogP contribution in [0.25, 0.3) is 23.1 Å². The summed E-state index contributed by atoms with van der Waals surface area (Å²) >= 11 is 0. The van der Waals surface area contributed by atoms with Crippen molar-refractivity contribution in [1.82, 2.24) is 9.97 Å². The van der Waals surface area contributed by atoms with Gasteiger partial charge in [-0.2, -0.15) is 0 Å². The second-order valence-corrected chi connectivity index (χ2v) is 6.08. The highest BCUT2D eigenvalue weighted by molar-refractivity contribution is 6.06. The highest BCUT2D eigenvalue weighted by Gasteiger charge is 2.10. The van der Waals surface area contributed by atoms with Crippen molar-refractivity contribution in [1.29, 1.82) is 0 Å². The normalized spacial score (nSPS) is 11.1. The van der Waals surface area contributed by atoms with Crippen LogP contribution in [-0.2, 0) is 0 Å². The predicted molar refractivity (Wildman–Crippen MR) is 106 cm³/mol. The quantitative estimate of drug-likeness (QED) is 0.532. The maximum absolute atomic E-state index is 13.3. The Hall–Kier alpha value is -3.73. The molecular formula is C22H16FN3O.